The molecule has 0 saturated carbocycles. The van der Waals surface area contributed by atoms with Gasteiger partial charge in [0.1, 0.15) is 11.4 Å². The van der Waals surface area contributed by atoms with Crippen LogP contribution in [0.2, 0.25) is 10.0 Å². The average molecular weight is 354 g/mol. The van der Waals surface area contributed by atoms with Gasteiger partial charge in [0.05, 0.1) is 33.1 Å². The highest BCUT2D eigenvalue weighted by molar-refractivity contribution is 7.99. The van der Waals surface area contributed by atoms with E-state index in [0.29, 0.717) is 15.7 Å². The number of thioether (sulfide) groups is 1. The Labute approximate surface area is 139 Å². The van der Waals surface area contributed by atoms with E-state index in [1.54, 1.807) is 6.07 Å². The maximum Gasteiger partial charge on any atom is 0.130 e. The Morgan fingerprint density at radius 1 is 1.10 bits per heavy atom. The molecule has 0 fully saturated rings. The van der Waals surface area contributed by atoms with Gasteiger partial charge in [-0.2, -0.15) is 8.73 Å². The lowest BCUT2D eigenvalue weighted by molar-refractivity contribution is 0.900. The first kappa shape index (κ1) is 13.6. The van der Waals surface area contributed by atoms with Crippen molar-refractivity contribution in [3.05, 3.63) is 45.9 Å². The van der Waals surface area contributed by atoms with Gasteiger partial charge in [-0.1, -0.05) is 41.4 Å². The number of rotatable bonds is 2. The highest BCUT2D eigenvalue weighted by Crippen LogP contribution is 2.50. The number of halogens is 2. The standard InChI is InChI=1S/C14H9Cl2N3S2/c15-8-5-9(16)13-14(19-21-18-13)12(8)17-10-6-20-11-4-2-1-3-7(10)11/h1-5,10,17H,6H2. The topological polar surface area (TPSA) is 36.8 Å². The van der Waals surface area contributed by atoms with Gasteiger partial charge in [-0.15, -0.1) is 11.8 Å². The Balaban J connectivity index is 1.74. The molecule has 0 spiro atoms. The van der Waals surface area contributed by atoms with Gasteiger partial charge in [-0.05, 0) is 17.7 Å². The minimum atomic E-state index is 0.217. The maximum absolute atomic E-state index is 6.35. The van der Waals surface area contributed by atoms with Crippen LogP contribution in [0.4, 0.5) is 17.1 Å². The number of nitrogens with one attached hydrogen (secondary N) is 1. The summed E-state index contributed by atoms with van der Waals surface area (Å²) in [4.78, 5) is 1.31. The van der Waals surface area contributed by atoms with Gasteiger partial charge in [0.25, 0.3) is 0 Å². The Bertz CT molecular complexity index is 816. The van der Waals surface area contributed by atoms with Gasteiger partial charge in [0.2, 0.25) is 0 Å². The lowest BCUT2D eigenvalue weighted by atomic mass is 10.1. The number of fused-ring (bicyclic) bond motifs is 2. The fraction of sp³-hybridized carbons (Fsp3) is 0.143. The molecule has 0 radical (unpaired) electrons. The molecule has 0 saturated heterocycles. The second-order valence-electron chi connectivity index (χ2n) is 4.72. The van der Waals surface area contributed by atoms with Crippen LogP contribution in [-0.4, -0.2) is 5.75 Å². The summed E-state index contributed by atoms with van der Waals surface area (Å²) >= 11 is 15.5. The first-order valence-corrected chi connectivity index (χ1v) is 8.80. The quantitative estimate of drug-likeness (QED) is 0.615. The highest BCUT2D eigenvalue weighted by Gasteiger charge is 2.26. The van der Waals surface area contributed by atoms with Gasteiger partial charge in [0.15, 0.2) is 0 Å². The third kappa shape index (κ3) is 2.28. The van der Waals surface area contributed by atoms with Crippen molar-refractivity contribution in [2.24, 2.45) is 8.73 Å². The number of anilines is 1. The summed E-state index contributed by atoms with van der Waals surface area (Å²) in [5.41, 5.74) is 3.55. The molecular formula is C14H9Cl2N3S2. The first-order valence-electron chi connectivity index (χ1n) is 6.32. The Morgan fingerprint density at radius 3 is 2.81 bits per heavy atom. The summed E-state index contributed by atoms with van der Waals surface area (Å²) in [5, 5.41) is 4.63. The largest absolute Gasteiger partial charge is 0.374 e. The van der Waals surface area contributed by atoms with Crippen molar-refractivity contribution in [2.75, 3.05) is 11.1 Å². The lowest BCUT2D eigenvalue weighted by Crippen LogP contribution is -2.10. The third-order valence-electron chi connectivity index (χ3n) is 3.46. The zero-order valence-electron chi connectivity index (χ0n) is 10.6. The molecule has 106 valence electrons. The van der Waals surface area contributed by atoms with Crippen LogP contribution in [0.1, 0.15) is 11.6 Å². The van der Waals surface area contributed by atoms with Crippen molar-refractivity contribution in [2.45, 2.75) is 10.9 Å². The van der Waals surface area contributed by atoms with Gasteiger partial charge < -0.3 is 5.32 Å². The summed E-state index contributed by atoms with van der Waals surface area (Å²) in [5.74, 6) is 0.970. The molecule has 4 rings (SSSR count). The van der Waals surface area contributed by atoms with E-state index in [0.717, 1.165) is 28.5 Å². The van der Waals surface area contributed by atoms with Gasteiger partial charge in [0, 0.05) is 10.6 Å². The van der Waals surface area contributed by atoms with Crippen molar-refractivity contribution in [3.63, 3.8) is 0 Å². The van der Waals surface area contributed by atoms with Crippen molar-refractivity contribution >= 4 is 63.4 Å². The van der Waals surface area contributed by atoms with Crippen molar-refractivity contribution in [1.82, 2.24) is 0 Å². The van der Waals surface area contributed by atoms with Crippen LogP contribution in [0.15, 0.2) is 44.0 Å². The molecule has 1 unspecified atom stereocenters. The molecule has 21 heavy (non-hydrogen) atoms. The van der Waals surface area contributed by atoms with E-state index in [1.807, 2.05) is 11.8 Å². The molecule has 0 bridgehead atoms. The zero-order chi connectivity index (χ0) is 14.4. The zero-order valence-corrected chi connectivity index (χ0v) is 13.8. The maximum atomic E-state index is 6.35. The fourth-order valence-electron chi connectivity index (χ4n) is 2.47. The Hall–Kier alpha value is -1.01. The molecule has 2 aromatic rings. The van der Waals surface area contributed by atoms with Crippen LogP contribution < -0.4 is 5.32 Å². The summed E-state index contributed by atoms with van der Waals surface area (Å²) in [6, 6.07) is 10.4. The van der Waals surface area contributed by atoms with E-state index in [-0.39, 0.29) is 6.04 Å². The first-order chi connectivity index (χ1) is 10.2. The smallest absolute Gasteiger partial charge is 0.130 e. The second kappa shape index (κ2) is 5.32. The monoisotopic (exact) mass is 353 g/mol. The van der Waals surface area contributed by atoms with Crippen molar-refractivity contribution < 1.29 is 0 Å². The average Bonchev–Trinajstić information content (AvgIpc) is 3.11. The van der Waals surface area contributed by atoms with Gasteiger partial charge in [-0.3, -0.25) is 0 Å². The minimum absolute atomic E-state index is 0.217. The molecule has 2 aliphatic rings. The van der Waals surface area contributed by atoms with Crippen LogP contribution in [-0.2, 0) is 11.4 Å². The number of benzene rings is 2. The molecule has 2 aromatic carbocycles. The van der Waals surface area contributed by atoms with Crippen molar-refractivity contribution in [1.29, 1.82) is 0 Å². The van der Waals surface area contributed by atoms with Crippen LogP contribution in [0.25, 0.3) is 0 Å². The molecule has 7 heteroatoms. The summed E-state index contributed by atoms with van der Waals surface area (Å²) in [6.45, 7) is 0. The van der Waals surface area contributed by atoms with E-state index >= 15 is 0 Å². The summed E-state index contributed by atoms with van der Waals surface area (Å²) in [6.07, 6.45) is 0. The molecule has 2 aliphatic heterocycles. The predicted molar refractivity (Wildman–Crippen MR) is 91.5 cm³/mol. The molecule has 2 heterocycles. The fourth-order valence-corrected chi connectivity index (χ4v) is 4.80. The molecule has 0 aliphatic carbocycles. The van der Waals surface area contributed by atoms with Gasteiger partial charge in [-0.25, -0.2) is 0 Å². The van der Waals surface area contributed by atoms with Gasteiger partial charge >= 0.3 is 0 Å². The number of hydrogen-bond acceptors (Lipinski definition) is 4. The summed E-state index contributed by atoms with van der Waals surface area (Å²) in [7, 11) is 0. The van der Waals surface area contributed by atoms with Crippen LogP contribution in [0.5, 0.6) is 0 Å². The normalized spacial score (nSPS) is 18.3. The second-order valence-corrected chi connectivity index (χ2v) is 7.13. The molecule has 3 nitrogen and oxygen atoms in total. The molecule has 1 N–H and O–H groups in total. The number of hydrogen-bond donors (Lipinski definition) is 1. The SMILES string of the molecule is Clc1cc(Cl)c(NC2CSc3ccccc32)c2c1N=S=N2. The van der Waals surface area contributed by atoms with E-state index in [2.05, 4.69) is 38.3 Å². The van der Waals surface area contributed by atoms with E-state index in [9.17, 15) is 0 Å². The highest BCUT2D eigenvalue weighted by atomic mass is 35.5. The summed E-state index contributed by atoms with van der Waals surface area (Å²) < 4.78 is 8.56. The Kier molecular flexibility index (Phi) is 3.46. The third-order valence-corrected chi connectivity index (χ3v) is 5.76. The van der Waals surface area contributed by atoms with E-state index in [4.69, 9.17) is 23.2 Å². The van der Waals surface area contributed by atoms with Crippen LogP contribution >= 0.6 is 35.0 Å². The number of nitrogens with zero attached hydrogens (tertiary/aromatic N) is 2. The van der Waals surface area contributed by atoms with Crippen LogP contribution in [0, 0.1) is 0 Å². The Morgan fingerprint density at radius 2 is 1.90 bits per heavy atom. The van der Waals surface area contributed by atoms with Crippen LogP contribution in [0.3, 0.4) is 0 Å². The van der Waals surface area contributed by atoms with E-state index < -0.39 is 0 Å². The lowest BCUT2D eigenvalue weighted by Gasteiger charge is -2.18. The molecular weight excluding hydrogens is 345 g/mol. The van der Waals surface area contributed by atoms with E-state index in [1.165, 1.54) is 10.5 Å². The minimum Gasteiger partial charge on any atom is -0.374 e. The van der Waals surface area contributed by atoms with Crippen molar-refractivity contribution in [3.8, 4) is 0 Å². The molecule has 0 amide bonds. The molecule has 1 atom stereocenters. The molecule has 0 aromatic heterocycles. The predicted octanol–water partition coefficient (Wildman–Crippen LogP) is 5.98.